The number of hydrogen-bond donors (Lipinski definition) is 2. The molecule has 2 N–H and O–H groups in total. The van der Waals surface area contributed by atoms with E-state index in [-0.39, 0.29) is 11.7 Å². The average Bonchev–Trinajstić information content (AvgIpc) is 2.80. The number of rotatable bonds is 4. The lowest BCUT2D eigenvalue weighted by Gasteiger charge is -2.11. The predicted molar refractivity (Wildman–Crippen MR) is 75.4 cm³/mol. The number of aromatic nitrogens is 1. The van der Waals surface area contributed by atoms with E-state index in [9.17, 15) is 9.18 Å². The number of pyridine rings is 1. The molecule has 21 heavy (non-hydrogen) atoms. The van der Waals surface area contributed by atoms with Crippen molar-refractivity contribution in [2.24, 2.45) is 0 Å². The van der Waals surface area contributed by atoms with Crippen LogP contribution in [0.4, 0.5) is 10.1 Å². The van der Waals surface area contributed by atoms with Gasteiger partial charge in [0.25, 0.3) is 0 Å². The van der Waals surface area contributed by atoms with E-state index in [2.05, 4.69) is 15.6 Å². The molecule has 0 saturated heterocycles. The third-order valence-electron chi connectivity index (χ3n) is 3.36. The summed E-state index contributed by atoms with van der Waals surface area (Å²) in [5.41, 5.74) is 2.18. The molecule has 0 aliphatic carbocycles. The maximum atomic E-state index is 13.3. The fourth-order valence-corrected chi connectivity index (χ4v) is 2.29. The molecule has 108 valence electrons. The van der Waals surface area contributed by atoms with Crippen molar-refractivity contribution in [3.63, 3.8) is 0 Å². The summed E-state index contributed by atoms with van der Waals surface area (Å²) in [6, 6.07) is 7.32. The van der Waals surface area contributed by atoms with Gasteiger partial charge in [0.1, 0.15) is 11.9 Å². The molecule has 1 amide bonds. The number of benzene rings is 1. The van der Waals surface area contributed by atoms with Crippen molar-refractivity contribution in [1.29, 1.82) is 0 Å². The van der Waals surface area contributed by atoms with Crippen LogP contribution in [0.3, 0.4) is 0 Å². The Kier molecular flexibility index (Phi) is 3.53. The predicted octanol–water partition coefficient (Wildman–Crippen LogP) is 2.01. The Morgan fingerprint density at radius 1 is 1.38 bits per heavy atom. The SMILES string of the molecule is COc1ccc(CNC2C(=O)Nc3ccc(F)cc32)cn1. The molecular formula is C15H14FN3O2. The smallest absolute Gasteiger partial charge is 0.246 e. The van der Waals surface area contributed by atoms with Crippen molar-refractivity contribution in [3.05, 3.63) is 53.5 Å². The molecule has 6 heteroatoms. The van der Waals surface area contributed by atoms with Crippen molar-refractivity contribution in [3.8, 4) is 5.88 Å². The van der Waals surface area contributed by atoms with Crippen molar-refractivity contribution >= 4 is 11.6 Å². The number of carbonyl (C=O) groups excluding carboxylic acids is 1. The number of nitrogens with one attached hydrogen (secondary N) is 2. The number of carbonyl (C=O) groups is 1. The number of ether oxygens (including phenoxy) is 1. The summed E-state index contributed by atoms with van der Waals surface area (Å²) in [7, 11) is 1.55. The number of hydrogen-bond acceptors (Lipinski definition) is 4. The molecule has 1 unspecified atom stereocenters. The highest BCUT2D eigenvalue weighted by atomic mass is 19.1. The molecule has 1 atom stereocenters. The summed E-state index contributed by atoms with van der Waals surface area (Å²) < 4.78 is 18.3. The maximum Gasteiger partial charge on any atom is 0.246 e. The fraction of sp³-hybridized carbons (Fsp3) is 0.200. The van der Waals surface area contributed by atoms with Crippen LogP contribution in [-0.4, -0.2) is 18.0 Å². The zero-order valence-electron chi connectivity index (χ0n) is 11.4. The first-order chi connectivity index (χ1) is 10.2. The largest absolute Gasteiger partial charge is 0.481 e. The quantitative estimate of drug-likeness (QED) is 0.903. The Morgan fingerprint density at radius 3 is 2.95 bits per heavy atom. The van der Waals surface area contributed by atoms with Gasteiger partial charge < -0.3 is 10.1 Å². The van der Waals surface area contributed by atoms with Crippen molar-refractivity contribution < 1.29 is 13.9 Å². The lowest BCUT2D eigenvalue weighted by Crippen LogP contribution is -2.27. The summed E-state index contributed by atoms with van der Waals surface area (Å²) in [4.78, 5) is 16.0. The van der Waals surface area contributed by atoms with Crippen molar-refractivity contribution in [2.75, 3.05) is 12.4 Å². The van der Waals surface area contributed by atoms with Crippen LogP contribution in [0.2, 0.25) is 0 Å². The summed E-state index contributed by atoms with van der Waals surface area (Å²) >= 11 is 0. The molecular weight excluding hydrogens is 273 g/mol. The van der Waals surface area contributed by atoms with E-state index >= 15 is 0 Å². The number of fused-ring (bicyclic) bond motifs is 1. The number of amides is 1. The van der Waals surface area contributed by atoms with Gasteiger partial charge in [0, 0.05) is 30.1 Å². The minimum absolute atomic E-state index is 0.183. The Bertz CT molecular complexity index is 673. The van der Waals surface area contributed by atoms with E-state index in [1.54, 1.807) is 25.4 Å². The maximum absolute atomic E-state index is 13.3. The minimum Gasteiger partial charge on any atom is -0.481 e. The van der Waals surface area contributed by atoms with Gasteiger partial charge in [-0.05, 0) is 23.8 Å². The first-order valence-electron chi connectivity index (χ1n) is 6.50. The highest BCUT2D eigenvalue weighted by molar-refractivity contribution is 6.02. The first kappa shape index (κ1) is 13.5. The second-order valence-corrected chi connectivity index (χ2v) is 4.74. The first-order valence-corrected chi connectivity index (χ1v) is 6.50. The average molecular weight is 287 g/mol. The van der Waals surface area contributed by atoms with Crippen LogP contribution in [0.5, 0.6) is 5.88 Å². The van der Waals surface area contributed by atoms with Crippen LogP contribution < -0.4 is 15.4 Å². The molecule has 1 aromatic heterocycles. The summed E-state index contributed by atoms with van der Waals surface area (Å²) in [6.45, 7) is 0.449. The number of halogens is 1. The molecule has 2 aromatic rings. The standard InChI is InChI=1S/C15H14FN3O2/c1-21-13-5-2-9(7-17-13)8-18-14-11-6-10(16)3-4-12(11)19-15(14)20/h2-7,14,18H,8H2,1H3,(H,19,20). The second kappa shape index (κ2) is 5.49. The monoisotopic (exact) mass is 287 g/mol. The Balaban J connectivity index is 1.73. The topological polar surface area (TPSA) is 63.2 Å². The molecule has 0 bridgehead atoms. The third kappa shape index (κ3) is 2.71. The molecule has 3 rings (SSSR count). The van der Waals surface area contributed by atoms with Crippen LogP contribution in [0.15, 0.2) is 36.5 Å². The number of methoxy groups -OCH3 is 1. The molecule has 0 radical (unpaired) electrons. The molecule has 0 spiro atoms. The van der Waals surface area contributed by atoms with E-state index in [1.165, 1.54) is 12.1 Å². The lowest BCUT2D eigenvalue weighted by molar-refractivity contribution is -0.117. The van der Waals surface area contributed by atoms with E-state index in [0.717, 1.165) is 5.56 Å². The van der Waals surface area contributed by atoms with Gasteiger partial charge in [-0.25, -0.2) is 9.37 Å². The van der Waals surface area contributed by atoms with E-state index in [1.807, 2.05) is 6.07 Å². The molecule has 0 saturated carbocycles. The lowest BCUT2D eigenvalue weighted by atomic mass is 10.1. The van der Waals surface area contributed by atoms with Gasteiger partial charge in [0.2, 0.25) is 11.8 Å². The molecule has 5 nitrogen and oxygen atoms in total. The van der Waals surface area contributed by atoms with Crippen molar-refractivity contribution in [2.45, 2.75) is 12.6 Å². The Labute approximate surface area is 121 Å². The van der Waals surface area contributed by atoms with Gasteiger partial charge in [0.15, 0.2) is 0 Å². The number of nitrogens with zero attached hydrogens (tertiary/aromatic N) is 1. The third-order valence-corrected chi connectivity index (χ3v) is 3.36. The van der Waals surface area contributed by atoms with Gasteiger partial charge in [-0.1, -0.05) is 6.07 Å². The van der Waals surface area contributed by atoms with Crippen molar-refractivity contribution in [1.82, 2.24) is 10.3 Å². The zero-order valence-corrected chi connectivity index (χ0v) is 11.4. The summed E-state index contributed by atoms with van der Waals surface area (Å²) in [5, 5.41) is 5.83. The summed E-state index contributed by atoms with van der Waals surface area (Å²) in [5.74, 6) is -0.00925. The van der Waals surface area contributed by atoms with E-state index in [0.29, 0.717) is 23.7 Å². The fourth-order valence-electron chi connectivity index (χ4n) is 2.29. The highest BCUT2D eigenvalue weighted by Gasteiger charge is 2.30. The van der Waals surface area contributed by atoms with Gasteiger partial charge in [-0.3, -0.25) is 10.1 Å². The van der Waals surface area contributed by atoms with Crippen LogP contribution >= 0.6 is 0 Å². The molecule has 1 aliphatic rings. The van der Waals surface area contributed by atoms with Gasteiger partial charge in [0.05, 0.1) is 7.11 Å². The van der Waals surface area contributed by atoms with E-state index < -0.39 is 6.04 Å². The van der Waals surface area contributed by atoms with Gasteiger partial charge in [-0.15, -0.1) is 0 Å². The normalized spacial score (nSPS) is 16.5. The minimum atomic E-state index is -0.558. The van der Waals surface area contributed by atoms with Crippen LogP contribution in [0, 0.1) is 5.82 Å². The Hall–Kier alpha value is -2.47. The summed E-state index contributed by atoms with van der Waals surface area (Å²) in [6.07, 6.45) is 1.67. The number of anilines is 1. The van der Waals surface area contributed by atoms with Crippen LogP contribution in [0.1, 0.15) is 17.2 Å². The molecule has 1 aromatic carbocycles. The van der Waals surface area contributed by atoms with Crippen LogP contribution in [0.25, 0.3) is 0 Å². The van der Waals surface area contributed by atoms with E-state index in [4.69, 9.17) is 4.74 Å². The van der Waals surface area contributed by atoms with Crippen LogP contribution in [-0.2, 0) is 11.3 Å². The molecule has 1 aliphatic heterocycles. The highest BCUT2D eigenvalue weighted by Crippen LogP contribution is 2.31. The van der Waals surface area contributed by atoms with Gasteiger partial charge in [-0.2, -0.15) is 0 Å². The second-order valence-electron chi connectivity index (χ2n) is 4.74. The molecule has 2 heterocycles. The van der Waals surface area contributed by atoms with Gasteiger partial charge >= 0.3 is 0 Å². The molecule has 0 fully saturated rings. The Morgan fingerprint density at radius 2 is 2.24 bits per heavy atom. The zero-order chi connectivity index (χ0) is 14.8.